The Bertz CT molecular complexity index is 569. The van der Waals surface area contributed by atoms with E-state index in [0.717, 1.165) is 0 Å². The van der Waals surface area contributed by atoms with Crippen LogP contribution in [0.5, 0.6) is 0 Å². The predicted molar refractivity (Wildman–Crippen MR) is 67.1 cm³/mol. The van der Waals surface area contributed by atoms with Gasteiger partial charge in [-0.1, -0.05) is 0 Å². The van der Waals surface area contributed by atoms with E-state index in [9.17, 15) is 9.18 Å². The highest BCUT2D eigenvalue weighted by Crippen LogP contribution is 2.27. The fraction of sp³-hybridized carbons (Fsp3) is 0.0833. The zero-order valence-electron chi connectivity index (χ0n) is 9.11. The Labute approximate surface area is 111 Å². The summed E-state index contributed by atoms with van der Waals surface area (Å²) >= 11 is 2.93. The van der Waals surface area contributed by atoms with E-state index in [0.29, 0.717) is 12.3 Å². The molecule has 0 aliphatic rings. The van der Waals surface area contributed by atoms with E-state index in [4.69, 9.17) is 9.52 Å². The van der Waals surface area contributed by atoms with Gasteiger partial charge in [-0.25, -0.2) is 9.18 Å². The van der Waals surface area contributed by atoms with Crippen molar-refractivity contribution >= 4 is 27.6 Å². The molecular weight excluding hydrogens is 305 g/mol. The molecule has 4 nitrogen and oxygen atoms in total. The predicted octanol–water partition coefficient (Wildman–Crippen LogP) is 3.49. The molecule has 1 heterocycles. The van der Waals surface area contributed by atoms with Crippen molar-refractivity contribution in [1.82, 2.24) is 0 Å². The van der Waals surface area contributed by atoms with Gasteiger partial charge in [-0.15, -0.1) is 0 Å². The van der Waals surface area contributed by atoms with Crippen molar-refractivity contribution in [2.75, 3.05) is 5.32 Å². The van der Waals surface area contributed by atoms with Crippen molar-refractivity contribution in [2.24, 2.45) is 0 Å². The van der Waals surface area contributed by atoms with E-state index in [2.05, 4.69) is 21.2 Å². The van der Waals surface area contributed by atoms with E-state index in [1.54, 1.807) is 12.1 Å². The van der Waals surface area contributed by atoms with Crippen LogP contribution in [-0.4, -0.2) is 11.1 Å². The molecular formula is C12H9BrFNO3. The second-order valence-electron chi connectivity index (χ2n) is 3.53. The van der Waals surface area contributed by atoms with Gasteiger partial charge in [0.2, 0.25) is 0 Å². The molecule has 0 bridgehead atoms. The zero-order chi connectivity index (χ0) is 13.1. The second kappa shape index (κ2) is 5.22. The average Bonchev–Trinajstić information content (AvgIpc) is 2.83. The third kappa shape index (κ3) is 2.53. The summed E-state index contributed by atoms with van der Waals surface area (Å²) in [5.41, 5.74) is 0.0966. The van der Waals surface area contributed by atoms with Gasteiger partial charge in [-0.2, -0.15) is 0 Å². The number of halogens is 2. The Morgan fingerprint density at radius 2 is 2.22 bits per heavy atom. The van der Waals surface area contributed by atoms with Crippen molar-refractivity contribution in [3.05, 3.63) is 52.1 Å². The molecule has 2 aromatic rings. The number of rotatable bonds is 4. The van der Waals surface area contributed by atoms with E-state index in [1.165, 1.54) is 18.4 Å². The van der Waals surface area contributed by atoms with Crippen molar-refractivity contribution in [2.45, 2.75) is 6.54 Å². The lowest BCUT2D eigenvalue weighted by atomic mass is 10.2. The van der Waals surface area contributed by atoms with Crippen molar-refractivity contribution in [1.29, 1.82) is 0 Å². The summed E-state index contributed by atoms with van der Waals surface area (Å²) < 4.78 is 18.9. The van der Waals surface area contributed by atoms with Crippen LogP contribution in [0.3, 0.4) is 0 Å². The summed E-state index contributed by atoms with van der Waals surface area (Å²) in [7, 11) is 0. The molecule has 0 spiro atoms. The van der Waals surface area contributed by atoms with Crippen LogP contribution < -0.4 is 5.32 Å². The minimum absolute atomic E-state index is 0.0700. The number of hydrogen-bond acceptors (Lipinski definition) is 3. The number of carbonyl (C=O) groups is 1. The standard InChI is InChI=1S/C12H9BrFNO3/c13-10-8(12(16)17)3-4-9(11(10)14)15-6-7-2-1-5-18-7/h1-5,15H,6H2,(H,16,17). The lowest BCUT2D eigenvalue weighted by molar-refractivity contribution is 0.0695. The van der Waals surface area contributed by atoms with Gasteiger partial charge in [0.1, 0.15) is 5.76 Å². The normalized spacial score (nSPS) is 10.3. The summed E-state index contributed by atoms with van der Waals surface area (Å²) in [5.74, 6) is -1.16. The molecule has 0 saturated carbocycles. The maximum atomic E-state index is 13.8. The number of benzene rings is 1. The lowest BCUT2D eigenvalue weighted by Gasteiger charge is -2.08. The minimum atomic E-state index is -1.18. The number of carboxylic acids is 1. The van der Waals surface area contributed by atoms with Crippen LogP contribution in [0.4, 0.5) is 10.1 Å². The Kier molecular flexibility index (Phi) is 3.66. The summed E-state index contributed by atoms with van der Waals surface area (Å²) in [5, 5.41) is 11.7. The highest BCUT2D eigenvalue weighted by Gasteiger charge is 2.15. The van der Waals surface area contributed by atoms with E-state index in [-0.39, 0.29) is 15.7 Å². The third-order valence-corrected chi connectivity index (χ3v) is 3.12. The number of aromatic carboxylic acids is 1. The Morgan fingerprint density at radius 1 is 1.44 bits per heavy atom. The number of furan rings is 1. The molecule has 2 N–H and O–H groups in total. The van der Waals surface area contributed by atoms with Crippen LogP contribution in [0.15, 0.2) is 39.4 Å². The fourth-order valence-corrected chi connectivity index (χ4v) is 1.96. The summed E-state index contributed by atoms with van der Waals surface area (Å²) in [6.45, 7) is 0.322. The number of nitrogens with one attached hydrogen (secondary N) is 1. The number of hydrogen-bond donors (Lipinski definition) is 2. The first kappa shape index (κ1) is 12.6. The Balaban J connectivity index is 2.19. The van der Waals surface area contributed by atoms with E-state index >= 15 is 0 Å². The molecule has 0 fully saturated rings. The van der Waals surface area contributed by atoms with Gasteiger partial charge in [0.15, 0.2) is 5.82 Å². The van der Waals surface area contributed by atoms with Gasteiger partial charge in [-0.05, 0) is 40.2 Å². The van der Waals surface area contributed by atoms with Crippen molar-refractivity contribution in [3.63, 3.8) is 0 Å². The Morgan fingerprint density at radius 3 is 2.83 bits per heavy atom. The molecule has 1 aromatic heterocycles. The van der Waals surface area contributed by atoms with Crippen LogP contribution in [0.2, 0.25) is 0 Å². The van der Waals surface area contributed by atoms with Gasteiger partial charge in [0, 0.05) is 0 Å². The van der Waals surface area contributed by atoms with Crippen molar-refractivity contribution < 1.29 is 18.7 Å². The SMILES string of the molecule is O=C(O)c1ccc(NCc2ccco2)c(F)c1Br. The van der Waals surface area contributed by atoms with Crippen LogP contribution in [-0.2, 0) is 6.54 Å². The molecule has 94 valence electrons. The summed E-state index contributed by atoms with van der Waals surface area (Å²) in [4.78, 5) is 10.8. The molecule has 2 rings (SSSR count). The fourth-order valence-electron chi connectivity index (χ4n) is 1.45. The van der Waals surface area contributed by atoms with Crippen LogP contribution in [0.25, 0.3) is 0 Å². The van der Waals surface area contributed by atoms with Crippen LogP contribution in [0.1, 0.15) is 16.1 Å². The first-order valence-electron chi connectivity index (χ1n) is 5.07. The monoisotopic (exact) mass is 313 g/mol. The molecule has 18 heavy (non-hydrogen) atoms. The van der Waals surface area contributed by atoms with Gasteiger partial charge < -0.3 is 14.8 Å². The van der Waals surface area contributed by atoms with Gasteiger partial charge in [0.25, 0.3) is 0 Å². The molecule has 0 aliphatic carbocycles. The zero-order valence-corrected chi connectivity index (χ0v) is 10.7. The quantitative estimate of drug-likeness (QED) is 0.907. The molecule has 0 atom stereocenters. The maximum absolute atomic E-state index is 13.8. The van der Waals surface area contributed by atoms with Crippen LogP contribution >= 0.6 is 15.9 Å². The maximum Gasteiger partial charge on any atom is 0.336 e. The molecule has 6 heteroatoms. The smallest absolute Gasteiger partial charge is 0.336 e. The molecule has 0 unspecified atom stereocenters. The molecule has 0 radical (unpaired) electrons. The largest absolute Gasteiger partial charge is 0.478 e. The van der Waals surface area contributed by atoms with Gasteiger partial charge >= 0.3 is 5.97 Å². The summed E-state index contributed by atoms with van der Waals surface area (Å²) in [6.07, 6.45) is 1.52. The molecule has 0 aliphatic heterocycles. The lowest BCUT2D eigenvalue weighted by Crippen LogP contribution is -2.04. The molecule has 1 aromatic carbocycles. The minimum Gasteiger partial charge on any atom is -0.478 e. The summed E-state index contributed by atoms with van der Waals surface area (Å²) in [6, 6.07) is 6.20. The first-order chi connectivity index (χ1) is 8.59. The van der Waals surface area contributed by atoms with Crippen molar-refractivity contribution in [3.8, 4) is 0 Å². The van der Waals surface area contributed by atoms with E-state index < -0.39 is 11.8 Å². The second-order valence-corrected chi connectivity index (χ2v) is 4.32. The van der Waals surface area contributed by atoms with Gasteiger partial charge in [-0.3, -0.25) is 0 Å². The van der Waals surface area contributed by atoms with Crippen LogP contribution in [0, 0.1) is 5.82 Å². The molecule has 0 saturated heterocycles. The highest BCUT2D eigenvalue weighted by atomic mass is 79.9. The number of carboxylic acid groups (broad SMARTS) is 1. The highest BCUT2D eigenvalue weighted by molar-refractivity contribution is 9.10. The van der Waals surface area contributed by atoms with E-state index in [1.807, 2.05) is 0 Å². The molecule has 0 amide bonds. The van der Waals surface area contributed by atoms with Gasteiger partial charge in [0.05, 0.1) is 28.5 Å². The topological polar surface area (TPSA) is 62.5 Å². The average molecular weight is 314 g/mol. The third-order valence-electron chi connectivity index (χ3n) is 2.35. The Hall–Kier alpha value is -1.82. The first-order valence-corrected chi connectivity index (χ1v) is 5.86. The number of anilines is 1.